The zero-order valence-electron chi connectivity index (χ0n) is 10.6. The van der Waals surface area contributed by atoms with E-state index in [2.05, 4.69) is 25.1 Å². The first-order valence-corrected chi connectivity index (χ1v) is 8.27. The van der Waals surface area contributed by atoms with Gasteiger partial charge in [-0.2, -0.15) is 0 Å². The van der Waals surface area contributed by atoms with E-state index in [-0.39, 0.29) is 0 Å². The van der Waals surface area contributed by atoms with Crippen molar-refractivity contribution in [1.29, 1.82) is 0 Å². The molecule has 1 aliphatic carbocycles. The van der Waals surface area contributed by atoms with Crippen LogP contribution in [0, 0.1) is 0 Å². The molecule has 0 aromatic carbocycles. The Hall–Kier alpha value is -1.60. The van der Waals surface area contributed by atoms with Crippen LogP contribution in [0.15, 0.2) is 39.7 Å². The van der Waals surface area contributed by atoms with Crippen molar-refractivity contribution in [2.75, 3.05) is 0 Å². The van der Waals surface area contributed by atoms with Crippen LogP contribution in [0.25, 0.3) is 10.8 Å². The summed E-state index contributed by atoms with van der Waals surface area (Å²) in [6.45, 7) is 0. The zero-order chi connectivity index (χ0) is 13.4. The van der Waals surface area contributed by atoms with E-state index in [4.69, 9.17) is 4.42 Å². The Morgan fingerprint density at radius 3 is 3.20 bits per heavy atom. The number of hydrogen-bond donors (Lipinski definition) is 0. The zero-order valence-corrected chi connectivity index (χ0v) is 12.2. The van der Waals surface area contributed by atoms with Crippen LogP contribution in [0.4, 0.5) is 0 Å². The van der Waals surface area contributed by atoms with E-state index >= 15 is 0 Å². The second-order valence-corrected chi connectivity index (χ2v) is 6.46. The van der Waals surface area contributed by atoms with Crippen molar-refractivity contribution >= 4 is 23.1 Å². The molecule has 0 unspecified atom stereocenters. The highest BCUT2D eigenvalue weighted by Gasteiger charge is 2.26. The first kappa shape index (κ1) is 12.2. The third-order valence-corrected chi connectivity index (χ3v) is 5.01. The van der Waals surface area contributed by atoms with Gasteiger partial charge < -0.3 is 8.98 Å². The van der Waals surface area contributed by atoms with Gasteiger partial charge in [-0.3, -0.25) is 0 Å². The van der Waals surface area contributed by atoms with Crippen LogP contribution >= 0.6 is 23.1 Å². The van der Waals surface area contributed by atoms with E-state index < -0.39 is 0 Å². The molecule has 1 saturated carbocycles. The topological polar surface area (TPSA) is 56.7 Å². The highest BCUT2D eigenvalue weighted by molar-refractivity contribution is 7.98. The Kier molecular flexibility index (Phi) is 3.08. The molecule has 0 bridgehead atoms. The van der Waals surface area contributed by atoms with Gasteiger partial charge in [-0.15, -0.1) is 21.5 Å². The lowest BCUT2D eigenvalue weighted by Gasteiger charge is -2.02. The maximum Gasteiger partial charge on any atom is 0.191 e. The number of aromatic nitrogens is 4. The predicted molar refractivity (Wildman–Crippen MR) is 77.7 cm³/mol. The van der Waals surface area contributed by atoms with Crippen LogP contribution in [0.1, 0.15) is 24.6 Å². The molecule has 102 valence electrons. The summed E-state index contributed by atoms with van der Waals surface area (Å²) in [5.74, 6) is 1.63. The minimum Gasteiger partial charge on any atom is -0.462 e. The molecule has 0 atom stereocenters. The van der Waals surface area contributed by atoms with E-state index in [9.17, 15) is 0 Å². The summed E-state index contributed by atoms with van der Waals surface area (Å²) in [7, 11) is 0. The first-order valence-electron chi connectivity index (χ1n) is 6.41. The number of thioether (sulfide) groups is 1. The van der Waals surface area contributed by atoms with Crippen LogP contribution in [0.3, 0.4) is 0 Å². The van der Waals surface area contributed by atoms with Gasteiger partial charge in [0.15, 0.2) is 15.9 Å². The normalized spacial score (nSPS) is 14.8. The molecule has 7 heteroatoms. The third-order valence-electron chi connectivity index (χ3n) is 3.11. The van der Waals surface area contributed by atoms with Crippen molar-refractivity contribution in [3.05, 3.63) is 35.8 Å². The average Bonchev–Trinajstić information content (AvgIpc) is 2.93. The maximum atomic E-state index is 5.36. The second kappa shape index (κ2) is 5.06. The molecule has 0 saturated heterocycles. The second-order valence-electron chi connectivity index (χ2n) is 4.66. The fourth-order valence-electron chi connectivity index (χ4n) is 1.96. The minimum absolute atomic E-state index is 0.613. The molecule has 3 heterocycles. The van der Waals surface area contributed by atoms with E-state index in [1.165, 1.54) is 12.8 Å². The van der Waals surface area contributed by atoms with Gasteiger partial charge in [0.2, 0.25) is 0 Å². The summed E-state index contributed by atoms with van der Waals surface area (Å²) in [5, 5.41) is 12.2. The van der Waals surface area contributed by atoms with Crippen molar-refractivity contribution in [3.8, 4) is 10.8 Å². The van der Waals surface area contributed by atoms with Crippen LogP contribution < -0.4 is 0 Å². The van der Waals surface area contributed by atoms with Crippen molar-refractivity contribution < 1.29 is 4.42 Å². The van der Waals surface area contributed by atoms with Crippen molar-refractivity contribution in [3.63, 3.8) is 0 Å². The summed E-state index contributed by atoms with van der Waals surface area (Å²) in [6.07, 6.45) is 5.98. The quantitative estimate of drug-likeness (QED) is 0.674. The van der Waals surface area contributed by atoms with Crippen molar-refractivity contribution in [2.24, 2.45) is 0 Å². The third kappa shape index (κ3) is 2.38. The number of furan rings is 1. The molecule has 0 N–H and O–H groups in total. The van der Waals surface area contributed by atoms with Crippen LogP contribution in [0.2, 0.25) is 0 Å². The lowest BCUT2D eigenvalue weighted by Crippen LogP contribution is -1.94. The predicted octanol–water partition coefficient (Wildman–Crippen LogP) is 3.62. The van der Waals surface area contributed by atoms with Gasteiger partial charge in [-0.25, -0.2) is 4.98 Å². The summed E-state index contributed by atoms with van der Waals surface area (Å²) in [4.78, 5) is 4.59. The van der Waals surface area contributed by atoms with Gasteiger partial charge in [0.05, 0.1) is 12.0 Å². The van der Waals surface area contributed by atoms with E-state index in [1.807, 2.05) is 18.5 Å². The largest absolute Gasteiger partial charge is 0.462 e. The van der Waals surface area contributed by atoms with Gasteiger partial charge in [0.1, 0.15) is 6.33 Å². The number of rotatable bonds is 5. The van der Waals surface area contributed by atoms with Crippen molar-refractivity contribution in [1.82, 2.24) is 19.7 Å². The monoisotopic (exact) mass is 304 g/mol. The minimum atomic E-state index is 0.613. The van der Waals surface area contributed by atoms with Gasteiger partial charge in [0.25, 0.3) is 0 Å². The van der Waals surface area contributed by atoms with E-state index in [0.29, 0.717) is 6.04 Å². The molecule has 1 aliphatic rings. The Morgan fingerprint density at radius 1 is 1.45 bits per heavy atom. The summed E-state index contributed by atoms with van der Waals surface area (Å²) in [6, 6.07) is 4.42. The number of hydrogen-bond acceptors (Lipinski definition) is 6. The standard InChI is InChI=1S/C13H12N4OS2/c1-2-11(18-5-1)12-15-9(6-19-12)7-20-13-16-14-8-17(13)10-3-4-10/h1-2,5-6,8,10H,3-4,7H2. The van der Waals surface area contributed by atoms with Gasteiger partial charge >= 0.3 is 0 Å². The fraction of sp³-hybridized carbons (Fsp3) is 0.308. The molecule has 4 rings (SSSR count). The van der Waals surface area contributed by atoms with Crippen LogP contribution in [-0.4, -0.2) is 19.7 Å². The molecule has 5 nitrogen and oxygen atoms in total. The molecular weight excluding hydrogens is 292 g/mol. The highest BCUT2D eigenvalue weighted by Crippen LogP contribution is 2.38. The lowest BCUT2D eigenvalue weighted by molar-refractivity contribution is 0.581. The Morgan fingerprint density at radius 2 is 2.40 bits per heavy atom. The number of thiazole rings is 1. The smallest absolute Gasteiger partial charge is 0.191 e. The van der Waals surface area contributed by atoms with Crippen LogP contribution in [-0.2, 0) is 5.75 Å². The van der Waals surface area contributed by atoms with Gasteiger partial charge in [-0.1, -0.05) is 11.8 Å². The molecule has 1 fully saturated rings. The molecule has 0 amide bonds. The summed E-state index contributed by atoms with van der Waals surface area (Å²) < 4.78 is 7.53. The van der Waals surface area contributed by atoms with Crippen LogP contribution in [0.5, 0.6) is 0 Å². The maximum absolute atomic E-state index is 5.36. The molecule has 0 aliphatic heterocycles. The molecule has 20 heavy (non-hydrogen) atoms. The van der Waals surface area contributed by atoms with Crippen molar-refractivity contribution in [2.45, 2.75) is 29.8 Å². The Labute approximate surface area is 124 Å². The van der Waals surface area contributed by atoms with E-state index in [0.717, 1.165) is 27.4 Å². The Bertz CT molecular complexity index is 700. The first-order chi connectivity index (χ1) is 9.90. The van der Waals surface area contributed by atoms with E-state index in [1.54, 1.807) is 29.4 Å². The Balaban J connectivity index is 1.45. The highest BCUT2D eigenvalue weighted by atomic mass is 32.2. The number of nitrogens with zero attached hydrogens (tertiary/aromatic N) is 4. The molecule has 0 radical (unpaired) electrons. The molecule has 0 spiro atoms. The summed E-state index contributed by atoms with van der Waals surface area (Å²) in [5.41, 5.74) is 1.05. The van der Waals surface area contributed by atoms with Gasteiger partial charge in [-0.05, 0) is 25.0 Å². The molecular formula is C13H12N4OS2. The fourth-order valence-corrected chi connectivity index (χ4v) is 3.73. The lowest BCUT2D eigenvalue weighted by atomic mass is 10.5. The van der Waals surface area contributed by atoms with Gasteiger partial charge in [0, 0.05) is 17.2 Å². The SMILES string of the molecule is c1coc(-c2nc(CSc3nncn3C3CC3)cs2)c1. The average molecular weight is 304 g/mol. The summed E-state index contributed by atoms with van der Waals surface area (Å²) >= 11 is 3.29. The molecule has 3 aromatic rings. The molecule has 3 aromatic heterocycles.